The fraction of sp³-hybridized carbons (Fsp3) is 0.571. The molecule has 0 saturated heterocycles. The van der Waals surface area contributed by atoms with E-state index in [4.69, 9.17) is 9.47 Å². The van der Waals surface area contributed by atoms with Crippen LogP contribution in [0.2, 0.25) is 0 Å². The molecule has 172 valence electrons. The molecule has 0 heterocycles. The summed E-state index contributed by atoms with van der Waals surface area (Å²) in [4.78, 5) is 0. The van der Waals surface area contributed by atoms with Gasteiger partial charge >= 0.3 is 0 Å². The molecule has 1 N–H and O–H groups in total. The van der Waals surface area contributed by atoms with Gasteiger partial charge in [-0.3, -0.25) is 0 Å². The first-order chi connectivity index (χ1) is 15.3. The lowest BCUT2D eigenvalue weighted by Gasteiger charge is -2.20. The van der Waals surface area contributed by atoms with Crippen molar-refractivity contribution in [2.24, 2.45) is 0 Å². The van der Waals surface area contributed by atoms with E-state index in [-0.39, 0.29) is 0 Å². The fourth-order valence-electron chi connectivity index (χ4n) is 3.96. The molecule has 0 aliphatic rings. The van der Waals surface area contributed by atoms with Gasteiger partial charge in [0.15, 0.2) is 11.5 Å². The van der Waals surface area contributed by atoms with Crippen molar-refractivity contribution in [2.75, 3.05) is 20.3 Å². The van der Waals surface area contributed by atoms with Gasteiger partial charge in [-0.05, 0) is 49.1 Å². The monoisotopic (exact) mass is 425 g/mol. The van der Waals surface area contributed by atoms with Crippen molar-refractivity contribution in [3.05, 3.63) is 59.7 Å². The van der Waals surface area contributed by atoms with Crippen molar-refractivity contribution in [1.29, 1.82) is 0 Å². The van der Waals surface area contributed by atoms with E-state index in [1.165, 1.54) is 62.5 Å². The van der Waals surface area contributed by atoms with Gasteiger partial charge < -0.3 is 14.8 Å². The van der Waals surface area contributed by atoms with Crippen LogP contribution in [0.1, 0.15) is 76.3 Å². The summed E-state index contributed by atoms with van der Waals surface area (Å²) >= 11 is 0. The van der Waals surface area contributed by atoms with E-state index in [2.05, 4.69) is 61.6 Å². The quantitative estimate of drug-likeness (QED) is 0.277. The number of hydrogen-bond acceptors (Lipinski definition) is 3. The predicted molar refractivity (Wildman–Crippen MR) is 132 cm³/mol. The minimum Gasteiger partial charge on any atom is -0.493 e. The van der Waals surface area contributed by atoms with E-state index in [0.717, 1.165) is 30.9 Å². The summed E-state index contributed by atoms with van der Waals surface area (Å²) in [6.07, 6.45) is 12.4. The molecule has 0 radical (unpaired) electrons. The Labute approximate surface area is 190 Å². The minimum absolute atomic E-state index is 0.525. The van der Waals surface area contributed by atoms with E-state index in [0.29, 0.717) is 12.6 Å². The molecule has 2 aromatic rings. The first kappa shape index (κ1) is 25.3. The van der Waals surface area contributed by atoms with Crippen molar-refractivity contribution in [2.45, 2.75) is 84.1 Å². The largest absolute Gasteiger partial charge is 0.493 e. The van der Waals surface area contributed by atoms with Crippen LogP contribution in [-0.2, 0) is 12.8 Å². The Kier molecular flexibility index (Phi) is 12.8. The zero-order valence-electron chi connectivity index (χ0n) is 20.0. The van der Waals surface area contributed by atoms with Crippen LogP contribution in [-0.4, -0.2) is 26.3 Å². The highest BCUT2D eigenvalue weighted by Gasteiger charge is 2.12. The second-order valence-electron chi connectivity index (χ2n) is 8.48. The number of nitrogens with one attached hydrogen (secondary N) is 1. The topological polar surface area (TPSA) is 30.5 Å². The molecule has 0 aliphatic heterocycles. The molecule has 0 fully saturated rings. The molecule has 0 saturated carbocycles. The predicted octanol–water partition coefficient (Wildman–Crippen LogP) is 6.98. The molecule has 2 aromatic carbocycles. The van der Waals surface area contributed by atoms with Gasteiger partial charge in [0.25, 0.3) is 0 Å². The van der Waals surface area contributed by atoms with Crippen molar-refractivity contribution in [1.82, 2.24) is 5.32 Å². The molecular weight excluding hydrogens is 382 g/mol. The van der Waals surface area contributed by atoms with Gasteiger partial charge in [-0.15, -0.1) is 0 Å². The van der Waals surface area contributed by atoms with E-state index >= 15 is 0 Å². The van der Waals surface area contributed by atoms with Crippen LogP contribution in [0.25, 0.3) is 0 Å². The highest BCUT2D eigenvalue weighted by atomic mass is 16.5. The standard InChI is InChI=1S/C28H43NO2/c1-4-6-7-8-9-13-16-26(29-20-5-2)22-25-17-18-27(30-3)28(23-25)31-21-19-24-14-11-10-12-15-24/h10-12,14-15,17-18,23,26,29H,4-9,13,16,19-22H2,1-3H3/t26-/m0/s1. The molecule has 1 atom stereocenters. The molecule has 0 bridgehead atoms. The molecule has 3 heteroatoms. The highest BCUT2D eigenvalue weighted by Crippen LogP contribution is 2.29. The lowest BCUT2D eigenvalue weighted by Crippen LogP contribution is -2.31. The van der Waals surface area contributed by atoms with E-state index in [1.54, 1.807) is 7.11 Å². The summed E-state index contributed by atoms with van der Waals surface area (Å²) in [6, 6.07) is 17.4. The summed E-state index contributed by atoms with van der Waals surface area (Å²) in [5.41, 5.74) is 2.61. The molecule has 2 rings (SSSR count). The SMILES string of the molecule is CCCCCCCC[C@@H](Cc1ccc(OC)c(OCCc2ccccc2)c1)NCCC. The van der Waals surface area contributed by atoms with Crippen molar-refractivity contribution >= 4 is 0 Å². The third-order valence-corrected chi connectivity index (χ3v) is 5.79. The Morgan fingerprint density at radius 2 is 1.58 bits per heavy atom. The smallest absolute Gasteiger partial charge is 0.161 e. The Morgan fingerprint density at radius 3 is 2.32 bits per heavy atom. The first-order valence-electron chi connectivity index (χ1n) is 12.3. The first-order valence-corrected chi connectivity index (χ1v) is 12.3. The molecule has 0 spiro atoms. The van der Waals surface area contributed by atoms with Crippen LogP contribution in [0.3, 0.4) is 0 Å². The third kappa shape index (κ3) is 10.2. The van der Waals surface area contributed by atoms with Gasteiger partial charge in [0.2, 0.25) is 0 Å². The average Bonchev–Trinajstić information content (AvgIpc) is 2.80. The maximum absolute atomic E-state index is 6.13. The fourth-order valence-corrected chi connectivity index (χ4v) is 3.96. The second kappa shape index (κ2) is 15.8. The Morgan fingerprint density at radius 1 is 0.806 bits per heavy atom. The molecule has 3 nitrogen and oxygen atoms in total. The lowest BCUT2D eigenvalue weighted by atomic mass is 9.99. The maximum Gasteiger partial charge on any atom is 0.161 e. The van der Waals surface area contributed by atoms with Gasteiger partial charge in [0.05, 0.1) is 13.7 Å². The minimum atomic E-state index is 0.525. The Bertz CT molecular complexity index is 701. The van der Waals surface area contributed by atoms with Crippen molar-refractivity contribution in [3.8, 4) is 11.5 Å². The number of benzene rings is 2. The maximum atomic E-state index is 6.13. The average molecular weight is 426 g/mol. The Hall–Kier alpha value is -2.00. The lowest BCUT2D eigenvalue weighted by molar-refractivity contribution is 0.297. The zero-order valence-corrected chi connectivity index (χ0v) is 20.0. The van der Waals surface area contributed by atoms with Gasteiger partial charge in [-0.2, -0.15) is 0 Å². The van der Waals surface area contributed by atoms with E-state index in [9.17, 15) is 0 Å². The van der Waals surface area contributed by atoms with Crippen LogP contribution < -0.4 is 14.8 Å². The molecule has 0 aliphatic carbocycles. The summed E-state index contributed by atoms with van der Waals surface area (Å²) < 4.78 is 11.7. The van der Waals surface area contributed by atoms with E-state index in [1.807, 2.05) is 6.07 Å². The van der Waals surface area contributed by atoms with Crippen LogP contribution >= 0.6 is 0 Å². The normalized spacial score (nSPS) is 12.0. The number of methoxy groups -OCH3 is 1. The molecular formula is C28H43NO2. The molecule has 0 unspecified atom stereocenters. The second-order valence-corrected chi connectivity index (χ2v) is 8.48. The van der Waals surface area contributed by atoms with Gasteiger partial charge in [-0.25, -0.2) is 0 Å². The number of rotatable bonds is 17. The summed E-state index contributed by atoms with van der Waals surface area (Å²) in [6.45, 7) is 6.25. The van der Waals surface area contributed by atoms with Crippen molar-refractivity contribution in [3.63, 3.8) is 0 Å². The number of unbranched alkanes of at least 4 members (excludes halogenated alkanes) is 5. The molecule has 0 aromatic heterocycles. The summed E-state index contributed by atoms with van der Waals surface area (Å²) in [5.74, 6) is 1.66. The zero-order chi connectivity index (χ0) is 22.2. The number of ether oxygens (including phenoxy) is 2. The third-order valence-electron chi connectivity index (χ3n) is 5.79. The number of hydrogen-bond donors (Lipinski definition) is 1. The Balaban J connectivity index is 1.90. The van der Waals surface area contributed by atoms with Crippen LogP contribution in [0.5, 0.6) is 11.5 Å². The highest BCUT2D eigenvalue weighted by molar-refractivity contribution is 5.43. The van der Waals surface area contributed by atoms with Gasteiger partial charge in [0.1, 0.15) is 0 Å². The van der Waals surface area contributed by atoms with Crippen LogP contribution in [0, 0.1) is 0 Å². The van der Waals surface area contributed by atoms with Crippen LogP contribution in [0.4, 0.5) is 0 Å². The van der Waals surface area contributed by atoms with E-state index < -0.39 is 0 Å². The molecule has 0 amide bonds. The summed E-state index contributed by atoms with van der Waals surface area (Å²) in [7, 11) is 1.71. The van der Waals surface area contributed by atoms with Crippen LogP contribution in [0.15, 0.2) is 48.5 Å². The van der Waals surface area contributed by atoms with Crippen molar-refractivity contribution < 1.29 is 9.47 Å². The summed E-state index contributed by atoms with van der Waals surface area (Å²) in [5, 5.41) is 3.76. The van der Waals surface area contributed by atoms with Gasteiger partial charge in [0, 0.05) is 12.5 Å². The van der Waals surface area contributed by atoms with Gasteiger partial charge in [-0.1, -0.05) is 88.8 Å². The molecule has 31 heavy (non-hydrogen) atoms.